The average Bonchev–Trinajstić information content (AvgIpc) is 3.53. The Morgan fingerprint density at radius 3 is 1.22 bits per heavy atom. The van der Waals surface area contributed by atoms with Crippen LogP contribution in [0.4, 0.5) is 0 Å². The lowest BCUT2D eigenvalue weighted by atomic mass is 9.96. The molecule has 1 aliphatic heterocycles. The van der Waals surface area contributed by atoms with Gasteiger partial charge in [-0.1, -0.05) is 227 Å². The van der Waals surface area contributed by atoms with E-state index in [1.807, 2.05) is 23.5 Å². The zero-order valence-electron chi connectivity index (χ0n) is 35.0. The van der Waals surface area contributed by atoms with E-state index in [1.165, 1.54) is 159 Å². The molecule has 0 unspecified atom stereocenters. The number of hydrogen-bond acceptors (Lipinski definition) is 4. The van der Waals surface area contributed by atoms with Gasteiger partial charge in [-0.15, -0.1) is 34.6 Å². The highest BCUT2D eigenvalue weighted by atomic mass is 32.3. The minimum atomic E-state index is -1.62. The molecule has 0 saturated carbocycles. The summed E-state index contributed by atoms with van der Waals surface area (Å²) in [5.41, 5.74) is 8.38. The molecule has 1 aliphatic rings. The number of fused-ring (bicyclic) bond motifs is 2. The van der Waals surface area contributed by atoms with Gasteiger partial charge in [0, 0.05) is 10.4 Å². The second kappa shape index (κ2) is 23.8. The van der Waals surface area contributed by atoms with Crippen LogP contribution in [0.3, 0.4) is 0 Å². The molecule has 0 aromatic heterocycles. The van der Waals surface area contributed by atoms with Gasteiger partial charge in [-0.3, -0.25) is 0 Å². The molecule has 6 heteroatoms. The molecule has 0 fully saturated rings. The molecule has 0 bridgehead atoms. The Morgan fingerprint density at radius 1 is 0.500 bits per heavy atom. The maximum atomic E-state index is 3.69. The third-order valence-corrected chi connectivity index (χ3v) is 17.0. The van der Waals surface area contributed by atoms with Gasteiger partial charge in [-0.2, -0.15) is 0 Å². The van der Waals surface area contributed by atoms with Crippen molar-refractivity contribution in [2.75, 3.05) is 11.5 Å². The summed E-state index contributed by atoms with van der Waals surface area (Å²) in [7, 11) is -3.24. The monoisotopic (exact) mass is 828 g/mol. The van der Waals surface area contributed by atoms with Gasteiger partial charge in [0.15, 0.2) is 0 Å². The first kappa shape index (κ1) is 45.3. The molecular weight excluding hydrogens is 761 g/mol. The maximum absolute atomic E-state index is 3.69. The average molecular weight is 830 g/mol. The lowest BCUT2D eigenvalue weighted by molar-refractivity contribution is 0.586. The number of benzene rings is 3. The Morgan fingerprint density at radius 2 is 0.852 bits per heavy atom. The Kier molecular flexibility index (Phi) is 19.9. The van der Waals surface area contributed by atoms with Crippen molar-refractivity contribution < 1.29 is 0 Å². The van der Waals surface area contributed by atoms with Crippen LogP contribution in [0.1, 0.15) is 117 Å². The molecule has 0 amide bonds. The summed E-state index contributed by atoms with van der Waals surface area (Å²) in [6.45, 7) is 18.6. The lowest BCUT2D eigenvalue weighted by Crippen LogP contribution is -2.20. The summed E-state index contributed by atoms with van der Waals surface area (Å²) >= 11 is 8.35. The minimum Gasteiger partial charge on any atom is -0.126 e. The smallest absolute Gasteiger partial charge is 0.126 e. The van der Waals surface area contributed by atoms with Crippen molar-refractivity contribution in [2.45, 2.75) is 156 Å². The molecular formula is C48H68S4Si2. The van der Waals surface area contributed by atoms with E-state index >= 15 is 0 Å². The van der Waals surface area contributed by atoms with Crippen LogP contribution >= 0.6 is 47.0 Å². The summed E-state index contributed by atoms with van der Waals surface area (Å²) in [6.07, 6.45) is 22.0. The van der Waals surface area contributed by atoms with Gasteiger partial charge in [0.05, 0.1) is 18.3 Å². The van der Waals surface area contributed by atoms with Gasteiger partial charge in [0.1, 0.15) is 16.1 Å². The maximum Gasteiger partial charge on any atom is 0.129 e. The van der Waals surface area contributed by atoms with Crippen molar-refractivity contribution in [3.63, 3.8) is 0 Å². The van der Waals surface area contributed by atoms with E-state index in [4.69, 9.17) is 0 Å². The summed E-state index contributed by atoms with van der Waals surface area (Å²) in [5, 5.41) is 7.81. The van der Waals surface area contributed by atoms with Crippen LogP contribution in [0.2, 0.25) is 39.3 Å². The normalized spacial score (nSPS) is 13.4. The molecule has 3 aromatic rings. The van der Waals surface area contributed by atoms with Crippen LogP contribution in [0.25, 0.3) is 31.4 Å². The molecule has 0 nitrogen and oxygen atoms in total. The Hall–Kier alpha value is -1.39. The van der Waals surface area contributed by atoms with E-state index in [2.05, 4.69) is 148 Å². The third-order valence-electron chi connectivity index (χ3n) is 9.51. The largest absolute Gasteiger partial charge is 0.129 e. The van der Waals surface area contributed by atoms with Gasteiger partial charge in [0.2, 0.25) is 0 Å². The first-order chi connectivity index (χ1) is 26.0. The summed E-state index contributed by atoms with van der Waals surface area (Å²) in [6, 6.07) is 18.2. The molecule has 3 aromatic carbocycles. The quantitative estimate of drug-likeness (QED) is 0.0481. The van der Waals surface area contributed by atoms with Crippen LogP contribution in [-0.2, 0) is 0 Å². The molecule has 0 aliphatic carbocycles. The summed E-state index contributed by atoms with van der Waals surface area (Å²) in [4.78, 5) is 0. The standard InChI is InChI=1S/C48H68S4Si2/c1-9-11-13-15-17-19-21-27-35-49-47-48(50-36-28-22-20-18-16-14-12-10-2)52-46(51-47)45-42-31-25-23-29-40(42)44(41-30-24-26-32-43(41)45)39(33-37-53(3,4)5)34-38-54(6,7)8/h23-26,29-32H,9-22,27-28,35-36H2,1-8H3. The van der Waals surface area contributed by atoms with E-state index < -0.39 is 16.1 Å². The Bertz CT molecular complexity index is 1810. The zero-order chi connectivity index (χ0) is 38.8. The highest BCUT2D eigenvalue weighted by Crippen LogP contribution is 2.58. The summed E-state index contributed by atoms with van der Waals surface area (Å²) in [5.74, 6) is 9.80. The first-order valence-corrected chi connectivity index (χ1v) is 31.7. The highest BCUT2D eigenvalue weighted by Gasteiger charge is 2.24. The van der Waals surface area contributed by atoms with E-state index in [0.29, 0.717) is 0 Å². The Labute approximate surface area is 349 Å². The number of rotatable bonds is 20. The van der Waals surface area contributed by atoms with Crippen molar-refractivity contribution in [1.29, 1.82) is 0 Å². The second-order valence-electron chi connectivity index (χ2n) is 16.9. The SMILES string of the molecule is CCCCCCCCCCSC1=C(SCCCCCCCCCC)SC(=c2c3ccccc3c(=C(C#C[Si](C)(C)C)C#C[Si](C)(C)C)c3ccccc23)S1. The van der Waals surface area contributed by atoms with E-state index in [0.717, 1.165) is 5.57 Å². The number of thioether (sulfide) groups is 4. The topological polar surface area (TPSA) is 0 Å². The van der Waals surface area contributed by atoms with Crippen LogP contribution in [0.15, 0.2) is 57.0 Å². The Balaban J connectivity index is 1.73. The molecule has 0 spiro atoms. The first-order valence-electron chi connectivity index (χ1n) is 21.1. The van der Waals surface area contributed by atoms with Crippen molar-refractivity contribution in [3.05, 3.63) is 67.4 Å². The van der Waals surface area contributed by atoms with Crippen molar-refractivity contribution in [3.8, 4) is 22.9 Å². The molecule has 292 valence electrons. The molecule has 1 heterocycles. The van der Waals surface area contributed by atoms with Crippen molar-refractivity contribution >= 4 is 94.6 Å². The summed E-state index contributed by atoms with van der Waals surface area (Å²) < 4.78 is 4.51. The highest BCUT2D eigenvalue weighted by molar-refractivity contribution is 8.45. The minimum absolute atomic E-state index is 0.997. The van der Waals surface area contributed by atoms with Gasteiger partial charge in [-0.25, -0.2) is 0 Å². The van der Waals surface area contributed by atoms with Crippen LogP contribution < -0.4 is 10.4 Å². The lowest BCUT2D eigenvalue weighted by Gasteiger charge is -2.11. The van der Waals surface area contributed by atoms with E-state index in [1.54, 1.807) is 0 Å². The van der Waals surface area contributed by atoms with E-state index in [9.17, 15) is 0 Å². The zero-order valence-corrected chi connectivity index (χ0v) is 40.2. The molecule has 0 atom stereocenters. The van der Waals surface area contributed by atoms with Crippen LogP contribution in [0.5, 0.6) is 0 Å². The molecule has 54 heavy (non-hydrogen) atoms. The molecule has 0 radical (unpaired) electrons. The molecule has 0 N–H and O–H groups in total. The fourth-order valence-corrected chi connectivity index (χ4v) is 13.7. The van der Waals surface area contributed by atoms with E-state index in [-0.39, 0.29) is 0 Å². The van der Waals surface area contributed by atoms with Gasteiger partial charge < -0.3 is 0 Å². The van der Waals surface area contributed by atoms with Crippen LogP contribution in [0, 0.1) is 22.9 Å². The predicted octanol–water partition coefficient (Wildman–Crippen LogP) is 15.3. The fourth-order valence-electron chi connectivity index (χ4n) is 6.63. The molecule has 0 saturated heterocycles. The predicted molar refractivity (Wildman–Crippen MR) is 262 cm³/mol. The number of hydrogen-bond donors (Lipinski definition) is 0. The second-order valence-corrected chi connectivity index (χ2v) is 31.5. The number of unbranched alkanes of at least 4 members (excludes halogenated alkanes) is 14. The third kappa shape index (κ3) is 15.2. The fraction of sp³-hybridized carbons (Fsp3) is 0.542. The van der Waals surface area contributed by atoms with Gasteiger partial charge in [0.25, 0.3) is 0 Å². The van der Waals surface area contributed by atoms with Crippen molar-refractivity contribution in [2.24, 2.45) is 0 Å². The van der Waals surface area contributed by atoms with Gasteiger partial charge in [-0.05, 0) is 45.9 Å². The van der Waals surface area contributed by atoms with Crippen LogP contribution in [-0.4, -0.2) is 27.7 Å². The van der Waals surface area contributed by atoms with Crippen molar-refractivity contribution in [1.82, 2.24) is 0 Å². The van der Waals surface area contributed by atoms with Gasteiger partial charge >= 0.3 is 0 Å². The molecule has 4 rings (SSSR count).